The van der Waals surface area contributed by atoms with E-state index in [1.54, 1.807) is 0 Å². The van der Waals surface area contributed by atoms with E-state index in [1.165, 1.54) is 25.7 Å². The first-order valence-electron chi connectivity index (χ1n) is 8.68. The lowest BCUT2D eigenvalue weighted by Crippen LogP contribution is -2.40. The van der Waals surface area contributed by atoms with Gasteiger partial charge in [0.1, 0.15) is 0 Å². The molecule has 4 heteroatoms. The van der Waals surface area contributed by atoms with Crippen molar-refractivity contribution >= 4 is 20.2 Å². The molecular formula is C18H31ClO2Si. The van der Waals surface area contributed by atoms with E-state index in [9.17, 15) is 0 Å². The Labute approximate surface area is 142 Å². The minimum atomic E-state index is -2.04. The van der Waals surface area contributed by atoms with Crippen LogP contribution in [0, 0.1) is 0 Å². The predicted octanol–water partition coefficient (Wildman–Crippen LogP) is 6.33. The van der Waals surface area contributed by atoms with E-state index in [4.69, 9.17) is 20.5 Å². The van der Waals surface area contributed by atoms with E-state index in [0.717, 1.165) is 35.7 Å². The zero-order valence-corrected chi connectivity index (χ0v) is 16.1. The zero-order chi connectivity index (χ0) is 16.3. The maximum atomic E-state index is 6.26. The Morgan fingerprint density at radius 3 is 2.09 bits per heavy atom. The molecule has 0 radical (unpaired) electrons. The fraction of sp³-hybridized carbons (Fsp3) is 0.667. The Bertz CT molecular complexity index is 391. The molecule has 2 nitrogen and oxygen atoms in total. The predicted molar refractivity (Wildman–Crippen MR) is 97.7 cm³/mol. The van der Waals surface area contributed by atoms with Crippen LogP contribution >= 0.6 is 11.6 Å². The summed E-state index contributed by atoms with van der Waals surface area (Å²) in [4.78, 5) is 0. The molecule has 0 aliphatic carbocycles. The van der Waals surface area contributed by atoms with Gasteiger partial charge in [-0.3, -0.25) is 0 Å². The Morgan fingerprint density at radius 1 is 0.864 bits per heavy atom. The van der Waals surface area contributed by atoms with E-state index >= 15 is 0 Å². The molecule has 0 saturated heterocycles. The SMILES string of the molecule is CCCCCCCO[Si](CC)(CC)OCc1ccc(Cl)cc1. The van der Waals surface area contributed by atoms with Crippen LogP contribution in [0.5, 0.6) is 0 Å². The summed E-state index contributed by atoms with van der Waals surface area (Å²) in [5.74, 6) is 0. The molecule has 0 N–H and O–H groups in total. The van der Waals surface area contributed by atoms with Crippen LogP contribution in [0.3, 0.4) is 0 Å². The highest BCUT2D eigenvalue weighted by atomic mass is 35.5. The van der Waals surface area contributed by atoms with Gasteiger partial charge in [-0.15, -0.1) is 0 Å². The molecule has 0 fully saturated rings. The molecule has 0 aliphatic rings. The van der Waals surface area contributed by atoms with Crippen LogP contribution in [0.15, 0.2) is 24.3 Å². The first kappa shape index (κ1) is 19.7. The third-order valence-electron chi connectivity index (χ3n) is 4.11. The Balaban J connectivity index is 2.39. The van der Waals surface area contributed by atoms with Crippen LogP contribution in [-0.2, 0) is 15.5 Å². The molecule has 1 rings (SSSR count). The van der Waals surface area contributed by atoms with Crippen molar-refractivity contribution in [2.24, 2.45) is 0 Å². The molecule has 0 spiro atoms. The van der Waals surface area contributed by atoms with Crippen LogP contribution in [0.25, 0.3) is 0 Å². The van der Waals surface area contributed by atoms with Gasteiger partial charge >= 0.3 is 8.56 Å². The molecular weight excluding hydrogens is 312 g/mol. The molecule has 1 aromatic carbocycles. The van der Waals surface area contributed by atoms with Gasteiger partial charge in [0.15, 0.2) is 0 Å². The summed E-state index contributed by atoms with van der Waals surface area (Å²) in [6, 6.07) is 9.89. The maximum absolute atomic E-state index is 6.26. The van der Waals surface area contributed by atoms with Crippen molar-refractivity contribution in [2.75, 3.05) is 6.61 Å². The summed E-state index contributed by atoms with van der Waals surface area (Å²) >= 11 is 5.92. The number of hydrogen-bond donors (Lipinski definition) is 0. The Kier molecular flexibility index (Phi) is 10.0. The van der Waals surface area contributed by atoms with Gasteiger partial charge in [-0.2, -0.15) is 0 Å². The van der Waals surface area contributed by atoms with Crippen molar-refractivity contribution in [1.82, 2.24) is 0 Å². The van der Waals surface area contributed by atoms with E-state index in [0.29, 0.717) is 6.61 Å². The number of halogens is 1. The average Bonchev–Trinajstić information content (AvgIpc) is 2.55. The van der Waals surface area contributed by atoms with Crippen molar-refractivity contribution in [3.05, 3.63) is 34.9 Å². The molecule has 126 valence electrons. The van der Waals surface area contributed by atoms with Gasteiger partial charge in [0.05, 0.1) is 6.61 Å². The van der Waals surface area contributed by atoms with Crippen molar-refractivity contribution in [1.29, 1.82) is 0 Å². The van der Waals surface area contributed by atoms with Crippen LogP contribution in [0.4, 0.5) is 0 Å². The van der Waals surface area contributed by atoms with Crippen LogP contribution in [0.1, 0.15) is 58.4 Å². The summed E-state index contributed by atoms with van der Waals surface area (Å²) in [7, 11) is -2.04. The Morgan fingerprint density at radius 2 is 1.50 bits per heavy atom. The second kappa shape index (κ2) is 11.2. The van der Waals surface area contributed by atoms with Crippen LogP contribution in [-0.4, -0.2) is 15.2 Å². The first-order chi connectivity index (χ1) is 10.7. The molecule has 0 aliphatic heterocycles. The molecule has 0 unspecified atom stereocenters. The molecule has 22 heavy (non-hydrogen) atoms. The van der Waals surface area contributed by atoms with Gasteiger partial charge < -0.3 is 8.85 Å². The molecule has 0 atom stereocenters. The third-order valence-corrected chi connectivity index (χ3v) is 7.91. The summed E-state index contributed by atoms with van der Waals surface area (Å²) < 4.78 is 12.5. The summed E-state index contributed by atoms with van der Waals surface area (Å²) in [6.45, 7) is 8.09. The lowest BCUT2D eigenvalue weighted by molar-refractivity contribution is 0.158. The van der Waals surface area contributed by atoms with Gasteiger partial charge in [-0.25, -0.2) is 0 Å². The first-order valence-corrected chi connectivity index (χ1v) is 11.3. The van der Waals surface area contributed by atoms with Crippen molar-refractivity contribution < 1.29 is 8.85 Å². The number of unbranched alkanes of at least 4 members (excludes halogenated alkanes) is 4. The van der Waals surface area contributed by atoms with Gasteiger partial charge in [0.2, 0.25) is 0 Å². The number of hydrogen-bond acceptors (Lipinski definition) is 2. The standard InChI is InChI=1S/C18H31ClO2Si/c1-4-7-8-9-10-15-20-22(5-2,6-3)21-16-17-11-13-18(19)14-12-17/h11-14H,4-10,15-16H2,1-3H3. The lowest BCUT2D eigenvalue weighted by Gasteiger charge is -2.29. The number of rotatable bonds is 12. The largest absolute Gasteiger partial charge is 0.394 e. The highest BCUT2D eigenvalue weighted by Crippen LogP contribution is 2.22. The molecule has 0 amide bonds. The van der Waals surface area contributed by atoms with Crippen molar-refractivity contribution in [2.45, 2.75) is 71.6 Å². The monoisotopic (exact) mass is 342 g/mol. The summed E-state index contributed by atoms with van der Waals surface area (Å²) in [5.41, 5.74) is 1.16. The van der Waals surface area contributed by atoms with Gasteiger partial charge in [0.25, 0.3) is 0 Å². The normalized spacial score (nSPS) is 11.8. The van der Waals surface area contributed by atoms with Gasteiger partial charge in [0, 0.05) is 11.6 Å². The zero-order valence-electron chi connectivity index (χ0n) is 14.4. The maximum Gasteiger partial charge on any atom is 0.337 e. The van der Waals surface area contributed by atoms with Crippen LogP contribution < -0.4 is 0 Å². The van der Waals surface area contributed by atoms with E-state index < -0.39 is 8.56 Å². The van der Waals surface area contributed by atoms with Gasteiger partial charge in [-0.1, -0.05) is 70.2 Å². The molecule has 1 aromatic rings. The minimum absolute atomic E-state index is 0.626. The molecule has 0 aromatic heterocycles. The minimum Gasteiger partial charge on any atom is -0.394 e. The number of benzene rings is 1. The topological polar surface area (TPSA) is 18.5 Å². The highest BCUT2D eigenvalue weighted by Gasteiger charge is 2.33. The lowest BCUT2D eigenvalue weighted by atomic mass is 10.2. The van der Waals surface area contributed by atoms with Crippen molar-refractivity contribution in [3.63, 3.8) is 0 Å². The van der Waals surface area contributed by atoms with Crippen molar-refractivity contribution in [3.8, 4) is 0 Å². The average molecular weight is 343 g/mol. The van der Waals surface area contributed by atoms with E-state index in [1.807, 2.05) is 24.3 Å². The van der Waals surface area contributed by atoms with E-state index in [2.05, 4.69) is 20.8 Å². The molecule has 0 heterocycles. The fourth-order valence-electron chi connectivity index (χ4n) is 2.46. The Hall–Kier alpha value is -0.353. The van der Waals surface area contributed by atoms with E-state index in [-0.39, 0.29) is 0 Å². The summed E-state index contributed by atoms with van der Waals surface area (Å²) in [5, 5.41) is 0.765. The highest BCUT2D eigenvalue weighted by molar-refractivity contribution is 6.67. The van der Waals surface area contributed by atoms with Gasteiger partial charge in [-0.05, 0) is 36.2 Å². The smallest absolute Gasteiger partial charge is 0.337 e. The third kappa shape index (κ3) is 7.27. The second-order valence-corrected chi connectivity index (χ2v) is 10.0. The molecule has 0 bridgehead atoms. The van der Waals surface area contributed by atoms with Crippen LogP contribution in [0.2, 0.25) is 17.1 Å². The molecule has 0 saturated carbocycles. The quantitative estimate of drug-likeness (QED) is 0.326. The summed E-state index contributed by atoms with van der Waals surface area (Å²) in [6.07, 6.45) is 6.35. The second-order valence-electron chi connectivity index (χ2n) is 5.80. The fourth-order valence-corrected chi connectivity index (χ4v) is 4.93.